The number of β-amino-alcohol motifs (C(OH)–C–C–N with tert-alkyl or cyclic N) is 1. The molecule has 0 radical (unpaired) electrons. The van der Waals surface area contributed by atoms with Gasteiger partial charge in [-0.05, 0) is 31.6 Å². The molecule has 1 heterocycles. The summed E-state index contributed by atoms with van der Waals surface area (Å²) in [7, 11) is 0. The minimum atomic E-state index is -0.508. The van der Waals surface area contributed by atoms with Gasteiger partial charge in [-0.1, -0.05) is 0 Å². The van der Waals surface area contributed by atoms with E-state index in [2.05, 4.69) is 4.90 Å². The third-order valence-corrected chi connectivity index (χ3v) is 3.61. The van der Waals surface area contributed by atoms with Gasteiger partial charge >= 0.3 is 0 Å². The van der Waals surface area contributed by atoms with Gasteiger partial charge in [-0.25, -0.2) is 0 Å². The zero-order chi connectivity index (χ0) is 11.1. The Morgan fingerprint density at radius 3 is 2.53 bits per heavy atom. The number of aliphatic hydroxyl groups is 1. The van der Waals surface area contributed by atoms with Crippen LogP contribution in [0.4, 0.5) is 0 Å². The Morgan fingerprint density at radius 1 is 1.47 bits per heavy atom. The fourth-order valence-corrected chi connectivity index (χ4v) is 2.62. The molecule has 2 rings (SSSR count). The van der Waals surface area contributed by atoms with Gasteiger partial charge in [-0.15, -0.1) is 0 Å². The van der Waals surface area contributed by atoms with Crippen molar-refractivity contribution in [3.8, 4) is 0 Å². The van der Waals surface area contributed by atoms with Crippen LogP contribution in [0.3, 0.4) is 0 Å². The smallest absolute Gasteiger partial charge is 0.0911 e. The van der Waals surface area contributed by atoms with E-state index in [-0.39, 0.29) is 5.41 Å². The van der Waals surface area contributed by atoms with Crippen LogP contribution in [0.15, 0.2) is 0 Å². The summed E-state index contributed by atoms with van der Waals surface area (Å²) in [5.41, 5.74) is 5.22. The second-order valence-corrected chi connectivity index (χ2v) is 5.66. The van der Waals surface area contributed by atoms with E-state index in [1.807, 2.05) is 6.92 Å². The quantitative estimate of drug-likeness (QED) is 0.469. The van der Waals surface area contributed by atoms with Crippen molar-refractivity contribution in [2.24, 2.45) is 11.1 Å². The van der Waals surface area contributed by atoms with Gasteiger partial charge in [-0.2, -0.15) is 0 Å². The Balaban J connectivity index is 1.85. The summed E-state index contributed by atoms with van der Waals surface area (Å²) < 4.78 is 0. The van der Waals surface area contributed by atoms with Crippen LogP contribution in [0.2, 0.25) is 0 Å². The Labute approximate surface area is 91.0 Å². The maximum atomic E-state index is 9.86. The summed E-state index contributed by atoms with van der Waals surface area (Å²) in [6.07, 6.45) is 3.96. The molecule has 1 aliphatic heterocycles. The highest BCUT2D eigenvalue weighted by atomic mass is 16.3. The SMILES string of the molecule is CC1(O)CCN(CC2(CC(=N)N)CC2)C1. The van der Waals surface area contributed by atoms with Crippen molar-refractivity contribution < 1.29 is 5.11 Å². The molecular formula is C11H21N3O. The number of nitrogens with zero attached hydrogens (tertiary/aromatic N) is 1. The number of likely N-dealkylation sites (tertiary alicyclic amines) is 1. The van der Waals surface area contributed by atoms with Crippen molar-refractivity contribution in [1.82, 2.24) is 4.90 Å². The molecule has 4 nitrogen and oxygen atoms in total. The number of hydrogen-bond donors (Lipinski definition) is 3. The zero-order valence-electron chi connectivity index (χ0n) is 9.42. The second kappa shape index (κ2) is 3.46. The first-order valence-corrected chi connectivity index (χ1v) is 5.69. The lowest BCUT2D eigenvalue weighted by molar-refractivity contribution is 0.0661. The van der Waals surface area contributed by atoms with Crippen LogP contribution in [0.1, 0.15) is 32.6 Å². The minimum Gasteiger partial charge on any atom is -0.389 e. The normalized spacial score (nSPS) is 34.3. The number of hydrogen-bond acceptors (Lipinski definition) is 3. The monoisotopic (exact) mass is 211 g/mol. The third kappa shape index (κ3) is 2.69. The van der Waals surface area contributed by atoms with Crippen molar-refractivity contribution in [1.29, 1.82) is 5.41 Å². The van der Waals surface area contributed by atoms with E-state index in [1.54, 1.807) is 0 Å². The average molecular weight is 211 g/mol. The standard InChI is InChI=1S/C11H21N3O/c1-10(15)4-5-14(7-10)8-11(2-3-11)6-9(12)13/h15H,2-8H2,1H3,(H3,12,13). The molecule has 1 saturated carbocycles. The van der Waals surface area contributed by atoms with Gasteiger partial charge in [0.2, 0.25) is 0 Å². The average Bonchev–Trinajstić information content (AvgIpc) is 2.70. The molecule has 1 saturated heterocycles. The van der Waals surface area contributed by atoms with E-state index in [0.717, 1.165) is 32.5 Å². The molecule has 0 aromatic rings. The summed E-state index contributed by atoms with van der Waals surface area (Å²) in [6.45, 7) is 4.65. The highest BCUT2D eigenvalue weighted by Crippen LogP contribution is 2.49. The van der Waals surface area contributed by atoms with Crippen molar-refractivity contribution in [2.45, 2.75) is 38.2 Å². The summed E-state index contributed by atoms with van der Waals surface area (Å²) in [6, 6.07) is 0. The van der Waals surface area contributed by atoms with Gasteiger partial charge in [0.1, 0.15) is 0 Å². The molecule has 1 unspecified atom stereocenters. The number of rotatable bonds is 4. The van der Waals surface area contributed by atoms with E-state index in [4.69, 9.17) is 11.1 Å². The maximum Gasteiger partial charge on any atom is 0.0911 e. The molecule has 4 N–H and O–H groups in total. The lowest BCUT2D eigenvalue weighted by Gasteiger charge is -2.24. The Morgan fingerprint density at radius 2 is 2.13 bits per heavy atom. The molecule has 4 heteroatoms. The summed E-state index contributed by atoms with van der Waals surface area (Å²) in [4.78, 5) is 2.32. The predicted molar refractivity (Wildman–Crippen MR) is 59.9 cm³/mol. The molecule has 0 aromatic heterocycles. The van der Waals surface area contributed by atoms with E-state index in [0.29, 0.717) is 5.84 Å². The first-order chi connectivity index (χ1) is 6.91. The van der Waals surface area contributed by atoms with Gasteiger partial charge in [0.05, 0.1) is 11.4 Å². The molecule has 15 heavy (non-hydrogen) atoms. The molecule has 0 amide bonds. The molecule has 0 spiro atoms. The number of amidine groups is 1. The lowest BCUT2D eigenvalue weighted by Crippen LogP contribution is -2.34. The van der Waals surface area contributed by atoms with Crippen molar-refractivity contribution in [3.05, 3.63) is 0 Å². The molecular weight excluding hydrogens is 190 g/mol. The van der Waals surface area contributed by atoms with Gasteiger partial charge in [0.15, 0.2) is 0 Å². The molecule has 1 aliphatic carbocycles. The molecule has 86 valence electrons. The van der Waals surface area contributed by atoms with Crippen molar-refractivity contribution in [3.63, 3.8) is 0 Å². The van der Waals surface area contributed by atoms with Crippen LogP contribution < -0.4 is 5.73 Å². The minimum absolute atomic E-state index is 0.270. The zero-order valence-corrected chi connectivity index (χ0v) is 9.42. The largest absolute Gasteiger partial charge is 0.389 e. The summed E-state index contributed by atoms with van der Waals surface area (Å²) >= 11 is 0. The van der Waals surface area contributed by atoms with E-state index in [9.17, 15) is 5.11 Å². The summed E-state index contributed by atoms with van der Waals surface area (Å²) in [5.74, 6) is 0.304. The molecule has 2 fully saturated rings. The fourth-order valence-electron chi connectivity index (χ4n) is 2.62. The molecule has 0 bridgehead atoms. The van der Waals surface area contributed by atoms with E-state index in [1.165, 1.54) is 12.8 Å². The fraction of sp³-hybridized carbons (Fsp3) is 0.909. The first-order valence-electron chi connectivity index (χ1n) is 5.69. The van der Waals surface area contributed by atoms with Gasteiger partial charge < -0.3 is 10.8 Å². The van der Waals surface area contributed by atoms with E-state index < -0.39 is 5.60 Å². The van der Waals surface area contributed by atoms with Crippen LogP contribution >= 0.6 is 0 Å². The predicted octanol–water partition coefficient (Wildman–Crippen LogP) is 0.549. The van der Waals surface area contributed by atoms with Gasteiger partial charge in [0.25, 0.3) is 0 Å². The van der Waals surface area contributed by atoms with Crippen LogP contribution in [0.5, 0.6) is 0 Å². The van der Waals surface area contributed by atoms with Crippen molar-refractivity contribution in [2.75, 3.05) is 19.6 Å². The van der Waals surface area contributed by atoms with E-state index >= 15 is 0 Å². The lowest BCUT2D eigenvalue weighted by atomic mass is 10.0. The molecule has 2 aliphatic rings. The molecule has 0 aromatic carbocycles. The van der Waals surface area contributed by atoms with Gasteiger partial charge in [-0.3, -0.25) is 10.3 Å². The van der Waals surface area contributed by atoms with Crippen LogP contribution in [-0.4, -0.2) is 41.1 Å². The highest BCUT2D eigenvalue weighted by molar-refractivity contribution is 5.78. The number of nitrogens with two attached hydrogens (primary N) is 1. The maximum absolute atomic E-state index is 9.86. The van der Waals surface area contributed by atoms with Crippen molar-refractivity contribution >= 4 is 5.84 Å². The van der Waals surface area contributed by atoms with Crippen LogP contribution in [0, 0.1) is 10.8 Å². The van der Waals surface area contributed by atoms with Crippen LogP contribution in [0.25, 0.3) is 0 Å². The Hall–Kier alpha value is -0.610. The Bertz CT molecular complexity index is 271. The summed E-state index contributed by atoms with van der Waals surface area (Å²) in [5, 5.41) is 17.2. The first kappa shape index (κ1) is 10.9. The second-order valence-electron chi connectivity index (χ2n) is 5.66. The van der Waals surface area contributed by atoms with Gasteiger partial charge in [0, 0.05) is 26.1 Å². The molecule has 1 atom stereocenters. The topological polar surface area (TPSA) is 73.3 Å². The number of nitrogens with one attached hydrogen (secondary N) is 1. The Kier molecular flexibility index (Phi) is 2.51. The van der Waals surface area contributed by atoms with Crippen LogP contribution in [-0.2, 0) is 0 Å². The highest BCUT2D eigenvalue weighted by Gasteiger charge is 2.46. The third-order valence-electron chi connectivity index (χ3n) is 3.61.